The van der Waals surface area contributed by atoms with Crippen molar-refractivity contribution < 1.29 is 4.39 Å². The van der Waals surface area contributed by atoms with E-state index in [1.165, 1.54) is 6.07 Å². The smallest absolute Gasteiger partial charge is 0.128 e. The molecule has 0 aliphatic carbocycles. The summed E-state index contributed by atoms with van der Waals surface area (Å²) >= 11 is 5.52. The normalized spacial score (nSPS) is 9.36. The van der Waals surface area contributed by atoms with Crippen molar-refractivity contribution in [2.24, 2.45) is 5.73 Å². The van der Waals surface area contributed by atoms with Crippen molar-refractivity contribution in [1.82, 2.24) is 0 Å². The maximum atomic E-state index is 13.2. The zero-order chi connectivity index (χ0) is 10.4. The van der Waals surface area contributed by atoms with E-state index in [1.54, 1.807) is 12.1 Å². The molecule has 1 aromatic rings. The molecule has 0 spiro atoms. The van der Waals surface area contributed by atoms with E-state index in [9.17, 15) is 4.39 Å². The van der Waals surface area contributed by atoms with Crippen molar-refractivity contribution >= 4 is 11.6 Å². The van der Waals surface area contributed by atoms with E-state index in [2.05, 4.69) is 11.8 Å². The van der Waals surface area contributed by atoms with Gasteiger partial charge in [-0.2, -0.15) is 0 Å². The van der Waals surface area contributed by atoms with Crippen LogP contribution in [0, 0.1) is 17.7 Å². The van der Waals surface area contributed by atoms with Gasteiger partial charge in [-0.25, -0.2) is 4.39 Å². The first-order valence-corrected chi connectivity index (χ1v) is 4.84. The van der Waals surface area contributed by atoms with Gasteiger partial charge in [-0.3, -0.25) is 0 Å². The van der Waals surface area contributed by atoms with Crippen LogP contribution in [0.5, 0.6) is 0 Å². The summed E-state index contributed by atoms with van der Waals surface area (Å²) in [7, 11) is 0. The molecule has 0 saturated carbocycles. The molecule has 0 radical (unpaired) electrons. The number of hydrogen-bond acceptors (Lipinski definition) is 1. The van der Waals surface area contributed by atoms with E-state index < -0.39 is 0 Å². The van der Waals surface area contributed by atoms with E-state index in [0.717, 1.165) is 0 Å². The van der Waals surface area contributed by atoms with Crippen LogP contribution in [0.25, 0.3) is 0 Å². The molecule has 0 saturated heterocycles. The second-order valence-corrected chi connectivity index (χ2v) is 3.05. The Hall–Kier alpha value is -1.04. The molecule has 1 aromatic carbocycles. The third-order valence-electron chi connectivity index (χ3n) is 1.70. The van der Waals surface area contributed by atoms with E-state index in [0.29, 0.717) is 24.1 Å². The fourth-order valence-corrected chi connectivity index (χ4v) is 1.19. The number of halogens is 2. The molecule has 1 nitrogen and oxygen atoms in total. The van der Waals surface area contributed by atoms with Crippen LogP contribution in [0.1, 0.15) is 17.5 Å². The summed E-state index contributed by atoms with van der Waals surface area (Å²) in [6.07, 6.45) is 0.624. The van der Waals surface area contributed by atoms with Gasteiger partial charge in [0, 0.05) is 24.1 Å². The van der Waals surface area contributed by atoms with Crippen LogP contribution in [0.2, 0.25) is 0 Å². The summed E-state index contributed by atoms with van der Waals surface area (Å²) in [5.74, 6) is 5.54. The third-order valence-corrected chi connectivity index (χ3v) is 1.99. The molecule has 0 fully saturated rings. The number of benzene rings is 1. The van der Waals surface area contributed by atoms with Crippen LogP contribution in [0.4, 0.5) is 4.39 Å². The Balaban J connectivity index is 2.82. The molecule has 0 aliphatic rings. The van der Waals surface area contributed by atoms with E-state index in [1.807, 2.05) is 0 Å². The fraction of sp³-hybridized carbons (Fsp3) is 0.273. The topological polar surface area (TPSA) is 26.0 Å². The Bertz CT molecular complexity index is 365. The summed E-state index contributed by atoms with van der Waals surface area (Å²) in [6.45, 7) is 0.523. The van der Waals surface area contributed by atoms with Crippen molar-refractivity contribution in [2.75, 3.05) is 6.54 Å². The van der Waals surface area contributed by atoms with Crippen LogP contribution < -0.4 is 5.73 Å². The maximum Gasteiger partial charge on any atom is 0.128 e. The molecule has 0 aromatic heterocycles. The van der Waals surface area contributed by atoms with Gasteiger partial charge in [-0.15, -0.1) is 11.6 Å². The maximum absolute atomic E-state index is 13.2. The van der Waals surface area contributed by atoms with Crippen molar-refractivity contribution in [2.45, 2.75) is 12.3 Å². The summed E-state index contributed by atoms with van der Waals surface area (Å²) in [5, 5.41) is 0. The summed E-state index contributed by atoms with van der Waals surface area (Å²) < 4.78 is 13.2. The highest BCUT2D eigenvalue weighted by atomic mass is 35.5. The number of nitrogens with two attached hydrogens (primary N) is 1. The third kappa shape index (κ3) is 3.02. The molecule has 0 bridgehead atoms. The summed E-state index contributed by atoms with van der Waals surface area (Å²) in [4.78, 5) is 0. The Labute approximate surface area is 88.1 Å². The quantitative estimate of drug-likeness (QED) is 0.590. The lowest BCUT2D eigenvalue weighted by Crippen LogP contribution is -1.95. The first-order chi connectivity index (χ1) is 6.77. The van der Waals surface area contributed by atoms with Gasteiger partial charge in [0.15, 0.2) is 0 Å². The molecule has 1 rings (SSSR count). The molecule has 0 heterocycles. The van der Waals surface area contributed by atoms with Crippen molar-refractivity contribution in [3.63, 3.8) is 0 Å². The van der Waals surface area contributed by atoms with Crippen molar-refractivity contribution in [1.29, 1.82) is 0 Å². The lowest BCUT2D eigenvalue weighted by atomic mass is 10.1. The molecule has 2 N–H and O–H groups in total. The first-order valence-electron chi connectivity index (χ1n) is 4.31. The second-order valence-electron chi connectivity index (χ2n) is 2.78. The van der Waals surface area contributed by atoms with Gasteiger partial charge in [0.05, 0.1) is 5.88 Å². The highest BCUT2D eigenvalue weighted by Crippen LogP contribution is 2.11. The Morgan fingerprint density at radius 3 is 2.79 bits per heavy atom. The highest BCUT2D eigenvalue weighted by molar-refractivity contribution is 6.17. The Morgan fingerprint density at radius 1 is 1.43 bits per heavy atom. The number of rotatable bonds is 2. The minimum Gasteiger partial charge on any atom is -0.330 e. The molecule has 0 aliphatic heterocycles. The summed E-state index contributed by atoms with van der Waals surface area (Å²) in [6, 6.07) is 4.79. The van der Waals surface area contributed by atoms with Crippen LogP contribution in [-0.4, -0.2) is 6.54 Å². The first kappa shape index (κ1) is 11.0. The van der Waals surface area contributed by atoms with Gasteiger partial charge in [-0.05, 0) is 12.1 Å². The van der Waals surface area contributed by atoms with Crippen molar-refractivity contribution in [3.8, 4) is 11.8 Å². The van der Waals surface area contributed by atoms with Crippen LogP contribution in [0.3, 0.4) is 0 Å². The Morgan fingerprint density at radius 2 is 2.21 bits per heavy atom. The fourth-order valence-electron chi connectivity index (χ4n) is 0.970. The van der Waals surface area contributed by atoms with Gasteiger partial charge in [0.2, 0.25) is 0 Å². The minimum atomic E-state index is -0.306. The molecule has 3 heteroatoms. The largest absolute Gasteiger partial charge is 0.330 e. The lowest BCUT2D eigenvalue weighted by Gasteiger charge is -1.97. The molecule has 0 amide bonds. The van der Waals surface area contributed by atoms with Crippen LogP contribution in [-0.2, 0) is 5.88 Å². The van der Waals surface area contributed by atoms with Gasteiger partial charge in [-0.1, -0.05) is 17.9 Å². The number of hydrogen-bond donors (Lipinski definition) is 1. The lowest BCUT2D eigenvalue weighted by molar-refractivity contribution is 0.616. The van der Waals surface area contributed by atoms with E-state index in [4.69, 9.17) is 17.3 Å². The van der Waals surface area contributed by atoms with Gasteiger partial charge in [0.25, 0.3) is 0 Å². The molecule has 0 atom stereocenters. The standard InChI is InChI=1S/C11H11ClFN/c12-8-10-5-4-9(7-11(10)13)3-1-2-6-14/h4-5,7H,2,6,8,14H2. The van der Waals surface area contributed by atoms with Crippen LogP contribution >= 0.6 is 11.6 Å². The van der Waals surface area contributed by atoms with E-state index >= 15 is 0 Å². The molecule has 0 unspecified atom stereocenters. The molecule has 14 heavy (non-hydrogen) atoms. The molecular formula is C11H11ClFN. The highest BCUT2D eigenvalue weighted by Gasteiger charge is 2.00. The zero-order valence-electron chi connectivity index (χ0n) is 7.69. The average Bonchev–Trinajstić information content (AvgIpc) is 2.18. The number of alkyl halides is 1. The molecular weight excluding hydrogens is 201 g/mol. The Kier molecular flexibility index (Phi) is 4.45. The average molecular weight is 212 g/mol. The minimum absolute atomic E-state index is 0.183. The summed E-state index contributed by atoms with van der Waals surface area (Å²) in [5.41, 5.74) is 6.43. The predicted molar refractivity (Wildman–Crippen MR) is 56.5 cm³/mol. The molecule has 74 valence electrons. The van der Waals surface area contributed by atoms with E-state index in [-0.39, 0.29) is 11.7 Å². The van der Waals surface area contributed by atoms with Crippen LogP contribution in [0.15, 0.2) is 18.2 Å². The SMILES string of the molecule is NCCC#Cc1ccc(CCl)c(F)c1. The second kappa shape index (κ2) is 5.64. The predicted octanol–water partition coefficient (Wildman–Crippen LogP) is 2.26. The van der Waals surface area contributed by atoms with Gasteiger partial charge >= 0.3 is 0 Å². The van der Waals surface area contributed by atoms with Gasteiger partial charge in [0.1, 0.15) is 5.82 Å². The monoisotopic (exact) mass is 211 g/mol. The van der Waals surface area contributed by atoms with Crippen molar-refractivity contribution in [3.05, 3.63) is 35.1 Å². The zero-order valence-corrected chi connectivity index (χ0v) is 8.44. The van der Waals surface area contributed by atoms with Gasteiger partial charge < -0.3 is 5.73 Å².